The van der Waals surface area contributed by atoms with E-state index in [9.17, 15) is 19.8 Å². The summed E-state index contributed by atoms with van der Waals surface area (Å²) in [6, 6.07) is -0.278. The molecule has 4 rings (SSSR count). The van der Waals surface area contributed by atoms with Crippen LogP contribution in [-0.2, 0) is 14.3 Å². The number of aryl methyl sites for hydroxylation is 1. The minimum atomic E-state index is -1.13. The number of aliphatic hydroxyl groups excluding tert-OH is 2. The number of ketones is 1. The third-order valence-electron chi connectivity index (χ3n) is 9.14. The number of rotatable bonds is 3. The quantitative estimate of drug-likeness (QED) is 0.390. The molecular formula is C30H42N2O5S. The van der Waals surface area contributed by atoms with Gasteiger partial charge in [0.2, 0.25) is 5.91 Å². The summed E-state index contributed by atoms with van der Waals surface area (Å²) in [6.45, 7) is 8.00. The number of epoxide rings is 1. The largest absolute Gasteiger partial charge is 0.392 e. The van der Waals surface area contributed by atoms with Crippen LogP contribution >= 0.6 is 11.3 Å². The van der Waals surface area contributed by atoms with Crippen LogP contribution in [0, 0.1) is 36.5 Å². The van der Waals surface area contributed by atoms with Gasteiger partial charge in [-0.15, -0.1) is 23.7 Å². The number of fused-ring (bicyclic) bond motifs is 1. The Morgan fingerprint density at radius 3 is 2.66 bits per heavy atom. The summed E-state index contributed by atoms with van der Waals surface area (Å²) < 4.78 is 6.13. The number of terminal acetylenes is 1. The van der Waals surface area contributed by atoms with Crippen LogP contribution in [0.3, 0.4) is 0 Å². The monoisotopic (exact) mass is 542 g/mol. The third kappa shape index (κ3) is 6.07. The van der Waals surface area contributed by atoms with Crippen molar-refractivity contribution < 1.29 is 24.5 Å². The maximum Gasteiger partial charge on any atom is 0.223 e. The number of hydrogen-bond acceptors (Lipinski definition) is 7. The number of amides is 1. The van der Waals surface area contributed by atoms with Crippen molar-refractivity contribution >= 4 is 29.1 Å². The molecule has 0 aromatic carbocycles. The molecule has 1 aliphatic carbocycles. The van der Waals surface area contributed by atoms with Crippen molar-refractivity contribution in [3.05, 3.63) is 21.7 Å². The molecule has 1 spiro atoms. The molecule has 3 heterocycles. The Morgan fingerprint density at radius 2 is 2.05 bits per heavy atom. The van der Waals surface area contributed by atoms with Crippen molar-refractivity contribution in [2.24, 2.45) is 17.3 Å². The summed E-state index contributed by atoms with van der Waals surface area (Å²) in [4.78, 5) is 31.6. The molecular weight excluding hydrogens is 500 g/mol. The molecule has 3 fully saturated rings. The van der Waals surface area contributed by atoms with Crippen molar-refractivity contribution in [2.75, 3.05) is 0 Å². The van der Waals surface area contributed by atoms with Gasteiger partial charge >= 0.3 is 0 Å². The molecule has 3 N–H and O–H groups in total. The van der Waals surface area contributed by atoms with Gasteiger partial charge < -0.3 is 20.3 Å². The Bertz CT molecular complexity index is 1100. The second-order valence-electron chi connectivity index (χ2n) is 11.9. The molecule has 1 aromatic heterocycles. The molecule has 1 saturated carbocycles. The zero-order valence-corrected chi connectivity index (χ0v) is 23.9. The number of aromatic nitrogens is 1. The highest BCUT2D eigenvalue weighted by molar-refractivity contribution is 7.09. The maximum absolute atomic E-state index is 13.8. The first-order chi connectivity index (χ1) is 18.0. The van der Waals surface area contributed by atoms with Gasteiger partial charge in [-0.1, -0.05) is 19.8 Å². The van der Waals surface area contributed by atoms with Crippen LogP contribution in [0.15, 0.2) is 11.0 Å². The predicted octanol–water partition coefficient (Wildman–Crippen LogP) is 4.20. The van der Waals surface area contributed by atoms with Gasteiger partial charge in [-0.25, -0.2) is 4.98 Å². The SMILES string of the molecule is C#CCC1C(=O)C2(CCC2)C(O)CC(=O)NC(/C(C)=C/c2csc(C)n2)CC2OC2(C)CCCC(C)C1O. The Kier molecular flexibility index (Phi) is 8.83. The number of ether oxygens (including phenoxy) is 1. The van der Waals surface area contributed by atoms with Crippen LogP contribution in [0.1, 0.15) is 89.3 Å². The average Bonchev–Trinajstić information content (AvgIpc) is 3.26. The van der Waals surface area contributed by atoms with Crippen LogP contribution in [-0.4, -0.2) is 56.8 Å². The molecule has 3 aliphatic rings. The number of aliphatic hydroxyl groups is 2. The summed E-state index contributed by atoms with van der Waals surface area (Å²) in [5.41, 5.74) is 0.508. The van der Waals surface area contributed by atoms with E-state index < -0.39 is 23.5 Å². The molecule has 2 aliphatic heterocycles. The second kappa shape index (κ2) is 11.6. The summed E-state index contributed by atoms with van der Waals surface area (Å²) in [7, 11) is 0. The molecule has 0 bridgehead atoms. The molecule has 7 unspecified atom stereocenters. The summed E-state index contributed by atoms with van der Waals surface area (Å²) in [6.07, 6.45) is 10.4. The van der Waals surface area contributed by atoms with E-state index in [2.05, 4.69) is 23.1 Å². The van der Waals surface area contributed by atoms with Crippen LogP contribution in [0.2, 0.25) is 0 Å². The number of Topliss-reactive ketones (excluding diaryl/α,β-unsaturated/α-hetero) is 1. The second-order valence-corrected chi connectivity index (χ2v) is 13.0. The molecule has 208 valence electrons. The maximum atomic E-state index is 13.8. The van der Waals surface area contributed by atoms with E-state index >= 15 is 0 Å². The van der Waals surface area contributed by atoms with E-state index in [1.807, 2.05) is 32.2 Å². The van der Waals surface area contributed by atoms with Crippen LogP contribution < -0.4 is 5.32 Å². The summed E-state index contributed by atoms with van der Waals surface area (Å²) >= 11 is 1.58. The number of nitrogens with one attached hydrogen (secondary N) is 1. The molecule has 38 heavy (non-hydrogen) atoms. The smallest absolute Gasteiger partial charge is 0.223 e. The molecule has 7 atom stereocenters. The first-order valence-corrected chi connectivity index (χ1v) is 14.8. The lowest BCUT2D eigenvalue weighted by atomic mass is 9.58. The Labute approximate surface area is 230 Å². The summed E-state index contributed by atoms with van der Waals surface area (Å²) in [5, 5.41) is 28.5. The Hall–Kier alpha value is -2.05. The predicted molar refractivity (Wildman–Crippen MR) is 148 cm³/mol. The van der Waals surface area contributed by atoms with Gasteiger partial charge in [-0.3, -0.25) is 9.59 Å². The van der Waals surface area contributed by atoms with Crippen LogP contribution in [0.25, 0.3) is 6.08 Å². The van der Waals surface area contributed by atoms with E-state index in [4.69, 9.17) is 11.2 Å². The zero-order valence-electron chi connectivity index (χ0n) is 23.0. The van der Waals surface area contributed by atoms with Gasteiger partial charge in [0.25, 0.3) is 0 Å². The Morgan fingerprint density at radius 1 is 1.32 bits per heavy atom. The highest BCUT2D eigenvalue weighted by Gasteiger charge is 2.55. The fourth-order valence-corrected chi connectivity index (χ4v) is 6.86. The van der Waals surface area contributed by atoms with Gasteiger partial charge in [0.15, 0.2) is 0 Å². The first kappa shape index (κ1) is 28.9. The molecule has 8 heteroatoms. The first-order valence-electron chi connectivity index (χ1n) is 13.9. The van der Waals surface area contributed by atoms with Gasteiger partial charge in [0.1, 0.15) is 5.78 Å². The zero-order chi connectivity index (χ0) is 27.7. The molecule has 2 saturated heterocycles. The van der Waals surface area contributed by atoms with E-state index in [1.54, 1.807) is 11.3 Å². The third-order valence-corrected chi connectivity index (χ3v) is 9.93. The highest BCUT2D eigenvalue weighted by Crippen LogP contribution is 2.49. The number of hydrogen-bond donors (Lipinski definition) is 3. The van der Waals surface area contributed by atoms with Gasteiger partial charge in [-0.05, 0) is 64.0 Å². The number of thiazole rings is 1. The lowest BCUT2D eigenvalue weighted by Gasteiger charge is -2.46. The van der Waals surface area contributed by atoms with E-state index in [-0.39, 0.29) is 48.2 Å². The molecule has 1 aromatic rings. The Balaban J connectivity index is 1.61. The molecule has 7 nitrogen and oxygen atoms in total. The van der Waals surface area contributed by atoms with Crippen molar-refractivity contribution in [1.82, 2.24) is 10.3 Å². The van der Waals surface area contributed by atoms with E-state index in [1.165, 1.54) is 0 Å². The van der Waals surface area contributed by atoms with Crippen molar-refractivity contribution in [3.63, 3.8) is 0 Å². The van der Waals surface area contributed by atoms with E-state index in [0.29, 0.717) is 19.3 Å². The topological polar surface area (TPSA) is 112 Å². The van der Waals surface area contributed by atoms with Gasteiger partial charge in [0.05, 0.1) is 58.4 Å². The van der Waals surface area contributed by atoms with E-state index in [0.717, 1.165) is 42.0 Å². The van der Waals surface area contributed by atoms with Crippen LogP contribution in [0.4, 0.5) is 0 Å². The number of nitrogens with zero attached hydrogens (tertiary/aromatic N) is 1. The van der Waals surface area contributed by atoms with Crippen molar-refractivity contribution in [3.8, 4) is 12.3 Å². The molecule has 1 amide bonds. The number of carbonyl (C=O) groups is 2. The lowest BCUT2D eigenvalue weighted by Crippen LogP contribution is -2.54. The van der Waals surface area contributed by atoms with Gasteiger partial charge in [0, 0.05) is 18.2 Å². The number of carbonyl (C=O) groups excluding carboxylic acids is 2. The minimum Gasteiger partial charge on any atom is -0.392 e. The standard InChI is InChI=1S/C30H42N2O5S/c1-6-9-22-27(35)18(2)10-7-11-29(5)25(37-29)15-23(19(3)14-21-17-38-20(4)31-21)32-26(34)16-24(33)30(28(22)36)12-8-13-30/h1,14,17-18,22-25,27,33,35H,7-13,15-16H2,2-5H3,(H,32,34)/b19-14+. The normalized spacial score (nSPS) is 36.6. The highest BCUT2D eigenvalue weighted by atomic mass is 32.1. The lowest BCUT2D eigenvalue weighted by molar-refractivity contribution is -0.155. The minimum absolute atomic E-state index is 0.000111. The molecule has 0 radical (unpaired) electrons. The van der Waals surface area contributed by atoms with Crippen molar-refractivity contribution in [1.29, 1.82) is 0 Å². The van der Waals surface area contributed by atoms with Crippen molar-refractivity contribution in [2.45, 2.75) is 115 Å². The van der Waals surface area contributed by atoms with Gasteiger partial charge in [-0.2, -0.15) is 0 Å². The fourth-order valence-electron chi connectivity index (χ4n) is 6.29. The summed E-state index contributed by atoms with van der Waals surface area (Å²) in [5.74, 6) is 1.20. The van der Waals surface area contributed by atoms with Crippen LogP contribution in [0.5, 0.6) is 0 Å². The average molecular weight is 543 g/mol. The fraction of sp³-hybridized carbons (Fsp3) is 0.700.